The molecule has 1 saturated heterocycles. The first-order valence-electron chi connectivity index (χ1n) is 8.03. The lowest BCUT2D eigenvalue weighted by Gasteiger charge is -2.19. The number of hydrogen-bond donors (Lipinski definition) is 2. The van der Waals surface area contributed by atoms with Gasteiger partial charge in [0.15, 0.2) is 0 Å². The predicted octanol–water partition coefficient (Wildman–Crippen LogP) is 2.09. The summed E-state index contributed by atoms with van der Waals surface area (Å²) in [5.41, 5.74) is 2.30. The van der Waals surface area contributed by atoms with Gasteiger partial charge in [-0.15, -0.1) is 0 Å². The van der Waals surface area contributed by atoms with Crippen LogP contribution in [0.3, 0.4) is 0 Å². The molecule has 0 aromatic carbocycles. The minimum Gasteiger partial charge on any atom is -0.372 e. The van der Waals surface area contributed by atoms with E-state index < -0.39 is 0 Å². The highest BCUT2D eigenvalue weighted by Gasteiger charge is 2.18. The zero-order chi connectivity index (χ0) is 15.2. The van der Waals surface area contributed by atoms with Crippen molar-refractivity contribution in [2.24, 2.45) is 5.92 Å². The minimum atomic E-state index is 0.710. The first-order chi connectivity index (χ1) is 10.8. The first-order valence-corrected chi connectivity index (χ1v) is 8.03. The first kappa shape index (κ1) is 15.0. The summed E-state index contributed by atoms with van der Waals surface area (Å²) in [6.45, 7) is 3.29. The number of nitrogens with zero attached hydrogens (tertiary/aromatic N) is 4. The van der Waals surface area contributed by atoms with Gasteiger partial charge in [-0.2, -0.15) is 5.10 Å². The van der Waals surface area contributed by atoms with Crippen LogP contribution < -0.4 is 5.32 Å². The number of rotatable bonds is 5. The van der Waals surface area contributed by atoms with Crippen molar-refractivity contribution in [1.82, 2.24) is 25.1 Å². The van der Waals surface area contributed by atoms with Crippen molar-refractivity contribution in [3.05, 3.63) is 36.0 Å². The van der Waals surface area contributed by atoms with Crippen LogP contribution in [0.4, 0.5) is 5.82 Å². The molecule has 0 amide bonds. The molecular formula is C16H24N6. The fourth-order valence-electron chi connectivity index (χ4n) is 3.09. The quantitative estimate of drug-likeness (QED) is 0.885. The third-order valence-electron chi connectivity index (χ3n) is 4.35. The molecule has 2 N–H and O–H groups in total. The van der Waals surface area contributed by atoms with Gasteiger partial charge in [0.2, 0.25) is 0 Å². The molecule has 1 fully saturated rings. The molecule has 2 aromatic rings. The van der Waals surface area contributed by atoms with Gasteiger partial charge < -0.3 is 5.32 Å². The summed E-state index contributed by atoms with van der Waals surface area (Å²) in [6, 6.07) is 2.06. The number of likely N-dealkylation sites (tertiary alicyclic amines) is 1. The largest absolute Gasteiger partial charge is 0.372 e. The molecule has 2 aromatic heterocycles. The normalized spacial score (nSPS) is 19.8. The standard InChI is InChI=1S/C16H24N6/c1-17-16-11-18-15(10-19-16)9-13-3-2-7-22(8-5-13)12-14-4-6-20-21-14/h4,6,10-11,13H,2-3,5,7-9,12H2,1H3,(H,17,19)(H,20,21)/t13-/m0/s1. The Morgan fingerprint density at radius 3 is 2.95 bits per heavy atom. The van der Waals surface area contributed by atoms with Crippen LogP contribution in [0.2, 0.25) is 0 Å². The third kappa shape index (κ3) is 4.04. The number of nitrogens with one attached hydrogen (secondary N) is 2. The van der Waals surface area contributed by atoms with E-state index in [1.807, 2.05) is 25.6 Å². The molecule has 3 rings (SSSR count). The van der Waals surface area contributed by atoms with E-state index in [2.05, 4.69) is 36.4 Å². The molecule has 22 heavy (non-hydrogen) atoms. The van der Waals surface area contributed by atoms with E-state index in [0.29, 0.717) is 5.92 Å². The fourth-order valence-corrected chi connectivity index (χ4v) is 3.09. The molecule has 118 valence electrons. The van der Waals surface area contributed by atoms with Crippen molar-refractivity contribution < 1.29 is 0 Å². The average Bonchev–Trinajstić information content (AvgIpc) is 2.96. The van der Waals surface area contributed by atoms with E-state index in [1.54, 1.807) is 0 Å². The number of hydrogen-bond acceptors (Lipinski definition) is 5. The fraction of sp³-hybridized carbons (Fsp3) is 0.562. The Kier molecular flexibility index (Phi) is 5.00. The van der Waals surface area contributed by atoms with Crippen LogP contribution in [0.25, 0.3) is 0 Å². The van der Waals surface area contributed by atoms with Crippen LogP contribution in [0.1, 0.15) is 30.7 Å². The van der Waals surface area contributed by atoms with E-state index in [4.69, 9.17) is 0 Å². The van der Waals surface area contributed by atoms with Crippen molar-refractivity contribution in [2.45, 2.75) is 32.2 Å². The van der Waals surface area contributed by atoms with Gasteiger partial charge >= 0.3 is 0 Å². The summed E-state index contributed by atoms with van der Waals surface area (Å²) in [5, 5.41) is 10.1. The molecule has 0 saturated carbocycles. The van der Waals surface area contributed by atoms with Crippen molar-refractivity contribution in [3.63, 3.8) is 0 Å². The Labute approximate surface area is 131 Å². The van der Waals surface area contributed by atoms with Gasteiger partial charge in [-0.1, -0.05) is 0 Å². The van der Waals surface area contributed by atoms with Gasteiger partial charge in [0.05, 0.1) is 18.1 Å². The van der Waals surface area contributed by atoms with Gasteiger partial charge in [-0.3, -0.25) is 15.0 Å². The van der Waals surface area contributed by atoms with Crippen LogP contribution >= 0.6 is 0 Å². The summed E-state index contributed by atoms with van der Waals surface area (Å²) in [4.78, 5) is 11.4. The summed E-state index contributed by atoms with van der Waals surface area (Å²) in [6.07, 6.45) is 10.3. The van der Waals surface area contributed by atoms with Gasteiger partial charge in [0, 0.05) is 25.5 Å². The smallest absolute Gasteiger partial charge is 0.144 e. The van der Waals surface area contributed by atoms with E-state index in [0.717, 1.165) is 31.0 Å². The molecular weight excluding hydrogens is 276 g/mol. The molecule has 0 bridgehead atoms. The van der Waals surface area contributed by atoms with Gasteiger partial charge in [0.25, 0.3) is 0 Å². The highest BCUT2D eigenvalue weighted by Crippen LogP contribution is 2.22. The van der Waals surface area contributed by atoms with E-state index in [9.17, 15) is 0 Å². The van der Waals surface area contributed by atoms with Gasteiger partial charge in [-0.05, 0) is 50.8 Å². The molecule has 0 aliphatic carbocycles. The van der Waals surface area contributed by atoms with Crippen LogP contribution in [0.15, 0.2) is 24.7 Å². The van der Waals surface area contributed by atoms with Crippen LogP contribution in [0, 0.1) is 5.92 Å². The lowest BCUT2D eigenvalue weighted by atomic mass is 9.95. The lowest BCUT2D eigenvalue weighted by Crippen LogP contribution is -2.24. The Hall–Kier alpha value is -1.95. The molecule has 0 radical (unpaired) electrons. The summed E-state index contributed by atoms with van der Waals surface area (Å²) >= 11 is 0. The Morgan fingerprint density at radius 1 is 1.27 bits per heavy atom. The lowest BCUT2D eigenvalue weighted by molar-refractivity contribution is 0.269. The number of aromatic amines is 1. The van der Waals surface area contributed by atoms with Gasteiger partial charge in [0.1, 0.15) is 5.82 Å². The van der Waals surface area contributed by atoms with E-state index in [1.165, 1.54) is 31.5 Å². The molecule has 1 aliphatic heterocycles. The summed E-state index contributed by atoms with van der Waals surface area (Å²) in [5.74, 6) is 1.54. The Balaban J connectivity index is 1.51. The number of aromatic nitrogens is 4. The summed E-state index contributed by atoms with van der Waals surface area (Å²) < 4.78 is 0. The second-order valence-corrected chi connectivity index (χ2v) is 6.00. The molecule has 6 heteroatoms. The minimum absolute atomic E-state index is 0.710. The van der Waals surface area contributed by atoms with Crippen LogP contribution in [-0.2, 0) is 13.0 Å². The molecule has 0 unspecified atom stereocenters. The highest BCUT2D eigenvalue weighted by atomic mass is 15.2. The summed E-state index contributed by atoms with van der Waals surface area (Å²) in [7, 11) is 1.86. The van der Waals surface area contributed by atoms with Gasteiger partial charge in [-0.25, -0.2) is 4.98 Å². The number of anilines is 1. The molecule has 3 heterocycles. The van der Waals surface area contributed by atoms with Crippen molar-refractivity contribution in [3.8, 4) is 0 Å². The third-order valence-corrected chi connectivity index (χ3v) is 4.35. The Bertz CT molecular complexity index is 551. The van der Waals surface area contributed by atoms with Crippen molar-refractivity contribution >= 4 is 5.82 Å². The monoisotopic (exact) mass is 300 g/mol. The predicted molar refractivity (Wildman–Crippen MR) is 86.5 cm³/mol. The zero-order valence-corrected chi connectivity index (χ0v) is 13.1. The topological polar surface area (TPSA) is 69.7 Å². The second kappa shape index (κ2) is 7.35. The molecule has 6 nitrogen and oxygen atoms in total. The van der Waals surface area contributed by atoms with Crippen molar-refractivity contribution in [1.29, 1.82) is 0 Å². The SMILES string of the molecule is CNc1cnc(C[C@H]2CCCN(Cc3ccn[nH]3)CC2)cn1. The van der Waals surface area contributed by atoms with E-state index in [-0.39, 0.29) is 0 Å². The maximum atomic E-state index is 4.50. The molecule has 1 atom stereocenters. The molecule has 0 spiro atoms. The average molecular weight is 300 g/mol. The van der Waals surface area contributed by atoms with E-state index >= 15 is 0 Å². The number of H-pyrrole nitrogens is 1. The molecule has 1 aliphatic rings. The highest BCUT2D eigenvalue weighted by molar-refractivity contribution is 5.29. The van der Waals surface area contributed by atoms with Crippen molar-refractivity contribution in [2.75, 3.05) is 25.5 Å². The zero-order valence-electron chi connectivity index (χ0n) is 13.1. The van der Waals surface area contributed by atoms with Crippen LogP contribution in [-0.4, -0.2) is 45.2 Å². The maximum Gasteiger partial charge on any atom is 0.144 e. The maximum absolute atomic E-state index is 4.50. The second-order valence-electron chi connectivity index (χ2n) is 6.00. The van der Waals surface area contributed by atoms with Crippen LogP contribution in [0.5, 0.6) is 0 Å². The Morgan fingerprint density at radius 2 is 2.23 bits per heavy atom.